The average Bonchev–Trinajstić information content (AvgIpc) is 2.71. The molecule has 2 aromatic rings. The van der Waals surface area contributed by atoms with Crippen LogP contribution in [0, 0.1) is 5.82 Å². The number of nitrogens with one attached hydrogen (secondary N) is 2. The van der Waals surface area contributed by atoms with E-state index in [2.05, 4.69) is 10.6 Å². The van der Waals surface area contributed by atoms with E-state index >= 15 is 0 Å². The first kappa shape index (κ1) is 20.8. The van der Waals surface area contributed by atoms with Crippen LogP contribution in [0.15, 0.2) is 54.6 Å². The first-order valence-corrected chi connectivity index (χ1v) is 9.87. The molecule has 0 aromatic heterocycles. The number of halogens is 1. The van der Waals surface area contributed by atoms with Gasteiger partial charge in [-0.25, -0.2) is 9.18 Å². The van der Waals surface area contributed by atoms with Gasteiger partial charge >= 0.3 is 6.03 Å². The highest BCUT2D eigenvalue weighted by Crippen LogP contribution is 2.10. The van der Waals surface area contributed by atoms with Crippen molar-refractivity contribution < 1.29 is 14.0 Å². The lowest BCUT2D eigenvalue weighted by molar-refractivity contribution is -0.117. The zero-order valence-electron chi connectivity index (χ0n) is 16.6. The standard InChI is InChI=1S/C22H27FN4O2/c1-17(15-18-7-5-6-10-20(18)23)24-22(29)27-13-11-26(12-14-27)16-21(28)25-19-8-3-2-4-9-19/h2-10,17H,11-16H2,1H3,(H,24,29)(H,25,28). The Kier molecular flexibility index (Phi) is 7.19. The van der Waals surface area contributed by atoms with Crippen molar-refractivity contribution in [2.75, 3.05) is 38.0 Å². The molecular formula is C22H27FN4O2. The smallest absolute Gasteiger partial charge is 0.317 e. The van der Waals surface area contributed by atoms with Crippen molar-refractivity contribution in [3.63, 3.8) is 0 Å². The van der Waals surface area contributed by atoms with E-state index < -0.39 is 0 Å². The zero-order chi connectivity index (χ0) is 20.6. The van der Waals surface area contributed by atoms with Gasteiger partial charge < -0.3 is 15.5 Å². The summed E-state index contributed by atoms with van der Waals surface area (Å²) in [5.41, 5.74) is 1.37. The summed E-state index contributed by atoms with van der Waals surface area (Å²) in [7, 11) is 0. The van der Waals surface area contributed by atoms with Crippen LogP contribution in [0.1, 0.15) is 12.5 Å². The number of carbonyl (C=O) groups is 2. The van der Waals surface area contributed by atoms with E-state index in [0.717, 1.165) is 5.69 Å². The summed E-state index contributed by atoms with van der Waals surface area (Å²) in [4.78, 5) is 28.4. The van der Waals surface area contributed by atoms with Crippen LogP contribution in [0.5, 0.6) is 0 Å². The van der Waals surface area contributed by atoms with Crippen LogP contribution < -0.4 is 10.6 Å². The highest BCUT2D eigenvalue weighted by atomic mass is 19.1. The Morgan fingerprint density at radius 2 is 1.66 bits per heavy atom. The molecule has 2 N–H and O–H groups in total. The number of amides is 3. The van der Waals surface area contributed by atoms with Gasteiger partial charge in [0.25, 0.3) is 0 Å². The van der Waals surface area contributed by atoms with Gasteiger partial charge in [-0.15, -0.1) is 0 Å². The van der Waals surface area contributed by atoms with Crippen molar-refractivity contribution in [1.29, 1.82) is 0 Å². The fourth-order valence-corrected chi connectivity index (χ4v) is 3.38. The van der Waals surface area contributed by atoms with Crippen molar-refractivity contribution in [3.8, 4) is 0 Å². The molecular weight excluding hydrogens is 371 g/mol. The second-order valence-electron chi connectivity index (χ2n) is 7.32. The van der Waals surface area contributed by atoms with Gasteiger partial charge in [0.15, 0.2) is 0 Å². The molecule has 1 aliphatic heterocycles. The lowest BCUT2D eigenvalue weighted by Gasteiger charge is -2.34. The first-order chi connectivity index (χ1) is 14.0. The quantitative estimate of drug-likeness (QED) is 0.786. The summed E-state index contributed by atoms with van der Waals surface area (Å²) in [5.74, 6) is -0.316. The number of hydrogen-bond acceptors (Lipinski definition) is 3. The second-order valence-corrected chi connectivity index (χ2v) is 7.32. The van der Waals surface area contributed by atoms with Gasteiger partial charge in [-0.2, -0.15) is 0 Å². The van der Waals surface area contributed by atoms with Crippen LogP contribution in [0.2, 0.25) is 0 Å². The third kappa shape index (κ3) is 6.29. The molecule has 0 radical (unpaired) electrons. The molecule has 1 aliphatic rings. The molecule has 1 atom stereocenters. The van der Waals surface area contributed by atoms with Gasteiger partial charge in [-0.3, -0.25) is 9.69 Å². The van der Waals surface area contributed by atoms with Crippen LogP contribution in [0.3, 0.4) is 0 Å². The van der Waals surface area contributed by atoms with Crippen molar-refractivity contribution in [3.05, 3.63) is 66.0 Å². The maximum absolute atomic E-state index is 13.8. The lowest BCUT2D eigenvalue weighted by atomic mass is 10.1. The normalized spacial score (nSPS) is 15.6. The van der Waals surface area contributed by atoms with Gasteiger partial charge in [-0.05, 0) is 37.1 Å². The molecule has 1 unspecified atom stereocenters. The minimum Gasteiger partial charge on any atom is -0.335 e. The molecule has 3 rings (SSSR count). The van der Waals surface area contributed by atoms with Crippen molar-refractivity contribution in [2.24, 2.45) is 0 Å². The third-order valence-electron chi connectivity index (χ3n) is 4.94. The van der Waals surface area contributed by atoms with E-state index in [1.165, 1.54) is 6.07 Å². The molecule has 0 aliphatic carbocycles. The maximum atomic E-state index is 13.8. The molecule has 29 heavy (non-hydrogen) atoms. The zero-order valence-corrected chi connectivity index (χ0v) is 16.6. The Hall–Kier alpha value is -2.93. The van der Waals surface area contributed by atoms with E-state index in [0.29, 0.717) is 44.7 Å². The van der Waals surface area contributed by atoms with Crippen LogP contribution in [0.25, 0.3) is 0 Å². The van der Waals surface area contributed by atoms with Crippen molar-refractivity contribution >= 4 is 17.6 Å². The van der Waals surface area contributed by atoms with Crippen LogP contribution >= 0.6 is 0 Å². The van der Waals surface area contributed by atoms with Gasteiger partial charge in [0, 0.05) is 37.9 Å². The number of carbonyl (C=O) groups excluding carboxylic acids is 2. The minimum absolute atomic E-state index is 0.0624. The Bertz CT molecular complexity index is 823. The molecule has 6 nitrogen and oxygen atoms in total. The Balaban J connectivity index is 1.40. The minimum atomic E-state index is -0.254. The number of piperazine rings is 1. The topological polar surface area (TPSA) is 64.7 Å². The van der Waals surface area contributed by atoms with E-state index in [1.807, 2.05) is 42.2 Å². The first-order valence-electron chi connectivity index (χ1n) is 9.87. The number of anilines is 1. The summed E-state index contributed by atoms with van der Waals surface area (Å²) in [5, 5.41) is 5.81. The van der Waals surface area contributed by atoms with Crippen LogP contribution in [-0.4, -0.2) is 60.5 Å². The largest absolute Gasteiger partial charge is 0.335 e. The molecule has 2 aromatic carbocycles. The summed E-state index contributed by atoms with van der Waals surface area (Å²) >= 11 is 0. The number of hydrogen-bond donors (Lipinski definition) is 2. The van der Waals surface area contributed by atoms with Gasteiger partial charge in [0.05, 0.1) is 6.54 Å². The highest BCUT2D eigenvalue weighted by Gasteiger charge is 2.23. The molecule has 0 bridgehead atoms. The number of rotatable bonds is 6. The van der Waals surface area contributed by atoms with Crippen LogP contribution in [0.4, 0.5) is 14.9 Å². The van der Waals surface area contributed by atoms with E-state index in [4.69, 9.17) is 0 Å². The molecule has 7 heteroatoms. The SMILES string of the molecule is CC(Cc1ccccc1F)NC(=O)N1CCN(CC(=O)Nc2ccccc2)CC1. The van der Waals surface area contributed by atoms with E-state index in [-0.39, 0.29) is 23.8 Å². The highest BCUT2D eigenvalue weighted by molar-refractivity contribution is 5.92. The Morgan fingerprint density at radius 3 is 2.34 bits per heavy atom. The molecule has 1 heterocycles. The fraction of sp³-hybridized carbons (Fsp3) is 0.364. The maximum Gasteiger partial charge on any atom is 0.317 e. The molecule has 1 saturated heterocycles. The van der Waals surface area contributed by atoms with Crippen molar-refractivity contribution in [1.82, 2.24) is 15.1 Å². The van der Waals surface area contributed by atoms with Crippen LogP contribution in [-0.2, 0) is 11.2 Å². The molecule has 154 valence electrons. The van der Waals surface area contributed by atoms with Gasteiger partial charge in [0.2, 0.25) is 5.91 Å². The third-order valence-corrected chi connectivity index (χ3v) is 4.94. The summed E-state index contributed by atoms with van der Waals surface area (Å²) in [6.07, 6.45) is 0.442. The molecule has 3 amide bonds. The second kappa shape index (κ2) is 10.0. The molecule has 0 spiro atoms. The fourth-order valence-electron chi connectivity index (χ4n) is 3.38. The lowest BCUT2D eigenvalue weighted by Crippen LogP contribution is -2.54. The Morgan fingerprint density at radius 1 is 1.00 bits per heavy atom. The van der Waals surface area contributed by atoms with E-state index in [9.17, 15) is 14.0 Å². The van der Waals surface area contributed by atoms with Gasteiger partial charge in [0.1, 0.15) is 5.82 Å². The van der Waals surface area contributed by atoms with Crippen molar-refractivity contribution in [2.45, 2.75) is 19.4 Å². The molecule has 0 saturated carbocycles. The number of para-hydroxylation sites is 1. The number of benzene rings is 2. The number of urea groups is 1. The predicted octanol–water partition coefficient (Wildman–Crippen LogP) is 2.72. The summed E-state index contributed by atoms with van der Waals surface area (Å²) < 4.78 is 13.8. The monoisotopic (exact) mass is 398 g/mol. The Labute approximate surface area is 170 Å². The van der Waals surface area contributed by atoms with Gasteiger partial charge in [-0.1, -0.05) is 36.4 Å². The number of nitrogens with zero attached hydrogens (tertiary/aromatic N) is 2. The predicted molar refractivity (Wildman–Crippen MR) is 111 cm³/mol. The summed E-state index contributed by atoms with van der Waals surface area (Å²) in [6, 6.07) is 15.6. The van der Waals surface area contributed by atoms with E-state index in [1.54, 1.807) is 23.1 Å². The average molecular weight is 398 g/mol. The molecule has 1 fully saturated rings. The summed E-state index contributed by atoms with van der Waals surface area (Å²) in [6.45, 7) is 4.55.